The van der Waals surface area contributed by atoms with Crippen LogP contribution in [0.2, 0.25) is 0 Å². The van der Waals surface area contributed by atoms with E-state index in [1.54, 1.807) is 21.3 Å². The molecule has 0 saturated heterocycles. The molecule has 114 valence electrons. The van der Waals surface area contributed by atoms with Crippen LogP contribution in [0.15, 0.2) is 12.1 Å². The van der Waals surface area contributed by atoms with Crippen molar-refractivity contribution < 1.29 is 14.2 Å². The molecular formula is C17H23NO3. The van der Waals surface area contributed by atoms with Crippen LogP contribution < -0.4 is 9.47 Å². The van der Waals surface area contributed by atoms with Gasteiger partial charge >= 0.3 is 0 Å². The first kappa shape index (κ1) is 15.7. The van der Waals surface area contributed by atoms with Crippen molar-refractivity contribution in [2.45, 2.75) is 18.9 Å². The molecule has 0 aliphatic carbocycles. The molecule has 1 heterocycles. The molecular weight excluding hydrogens is 266 g/mol. The Hall–Kier alpha value is -1.70. The van der Waals surface area contributed by atoms with Crippen LogP contribution in [-0.2, 0) is 16.7 Å². The summed E-state index contributed by atoms with van der Waals surface area (Å²) in [4.78, 5) is 2.27. The van der Waals surface area contributed by atoms with Gasteiger partial charge in [0.2, 0.25) is 0 Å². The van der Waals surface area contributed by atoms with Gasteiger partial charge in [-0.3, -0.25) is 4.90 Å². The molecule has 1 unspecified atom stereocenters. The highest BCUT2D eigenvalue weighted by atomic mass is 16.5. The average molecular weight is 289 g/mol. The Morgan fingerprint density at radius 1 is 1.19 bits per heavy atom. The molecule has 2 rings (SSSR count). The third kappa shape index (κ3) is 2.85. The Labute approximate surface area is 127 Å². The van der Waals surface area contributed by atoms with Gasteiger partial charge in [0.25, 0.3) is 0 Å². The van der Waals surface area contributed by atoms with Crippen LogP contribution in [0.1, 0.15) is 18.1 Å². The van der Waals surface area contributed by atoms with Gasteiger partial charge in [0, 0.05) is 13.7 Å². The summed E-state index contributed by atoms with van der Waals surface area (Å²) in [6.07, 6.45) is 0.980. The maximum Gasteiger partial charge on any atom is 0.161 e. The van der Waals surface area contributed by atoms with E-state index >= 15 is 0 Å². The lowest BCUT2D eigenvalue weighted by Gasteiger charge is -2.40. The van der Waals surface area contributed by atoms with E-state index in [4.69, 9.17) is 14.2 Å². The van der Waals surface area contributed by atoms with E-state index in [1.165, 1.54) is 11.1 Å². The lowest BCUT2D eigenvalue weighted by molar-refractivity contribution is 0.180. The monoisotopic (exact) mass is 289 g/mol. The largest absolute Gasteiger partial charge is 0.493 e. The zero-order valence-corrected chi connectivity index (χ0v) is 13.4. The van der Waals surface area contributed by atoms with Gasteiger partial charge < -0.3 is 14.2 Å². The number of ether oxygens (including phenoxy) is 3. The van der Waals surface area contributed by atoms with Crippen molar-refractivity contribution in [3.63, 3.8) is 0 Å². The summed E-state index contributed by atoms with van der Waals surface area (Å²) in [5, 5.41) is 0. The average Bonchev–Trinajstić information content (AvgIpc) is 2.50. The summed E-state index contributed by atoms with van der Waals surface area (Å²) in [5.41, 5.74) is 2.10. The van der Waals surface area contributed by atoms with E-state index in [1.807, 2.05) is 6.07 Å². The number of hydrogen-bond acceptors (Lipinski definition) is 4. The van der Waals surface area contributed by atoms with Gasteiger partial charge in [-0.25, -0.2) is 0 Å². The topological polar surface area (TPSA) is 30.9 Å². The maximum absolute atomic E-state index is 5.44. The zero-order valence-electron chi connectivity index (χ0n) is 13.4. The lowest BCUT2D eigenvalue weighted by atomic mass is 9.82. The molecule has 0 N–H and O–H groups in total. The molecule has 0 aromatic heterocycles. The van der Waals surface area contributed by atoms with Gasteiger partial charge in [-0.05, 0) is 43.7 Å². The quantitative estimate of drug-likeness (QED) is 0.797. The summed E-state index contributed by atoms with van der Waals surface area (Å²) in [5.74, 6) is 7.96. The molecule has 4 nitrogen and oxygen atoms in total. The highest BCUT2D eigenvalue weighted by Crippen LogP contribution is 2.40. The van der Waals surface area contributed by atoms with Crippen molar-refractivity contribution in [2.24, 2.45) is 0 Å². The van der Waals surface area contributed by atoms with Crippen LogP contribution in [0, 0.1) is 11.8 Å². The van der Waals surface area contributed by atoms with E-state index in [0.717, 1.165) is 24.5 Å². The summed E-state index contributed by atoms with van der Waals surface area (Å²) in [6.45, 7) is 3.53. The fourth-order valence-corrected chi connectivity index (χ4v) is 2.74. The SMILES string of the molecule is COCC#CC1(C)c2cc(OC)c(OC)cc2CCN1C. The smallest absolute Gasteiger partial charge is 0.161 e. The standard InChI is InChI=1S/C17H23NO3/c1-17(8-6-10-19-3)14-12-16(21-5)15(20-4)11-13(14)7-9-18(17)2/h11-12H,7,9-10H2,1-5H3. The molecule has 0 radical (unpaired) electrons. The van der Waals surface area contributed by atoms with Crippen molar-refractivity contribution in [2.75, 3.05) is 41.5 Å². The third-order valence-corrected chi connectivity index (χ3v) is 4.16. The maximum atomic E-state index is 5.44. The normalized spacial score (nSPS) is 21.2. The lowest BCUT2D eigenvalue weighted by Crippen LogP contribution is -2.45. The molecule has 0 fully saturated rings. The molecule has 0 bridgehead atoms. The highest BCUT2D eigenvalue weighted by Gasteiger charge is 2.36. The minimum Gasteiger partial charge on any atom is -0.493 e. The van der Waals surface area contributed by atoms with Crippen molar-refractivity contribution in [3.8, 4) is 23.3 Å². The first-order valence-corrected chi connectivity index (χ1v) is 7.02. The van der Waals surface area contributed by atoms with Crippen LogP contribution in [0.4, 0.5) is 0 Å². The van der Waals surface area contributed by atoms with Crippen LogP contribution in [0.3, 0.4) is 0 Å². The Bertz CT molecular complexity index is 573. The number of likely N-dealkylation sites (N-methyl/N-ethyl adjacent to an activating group) is 1. The predicted molar refractivity (Wildman–Crippen MR) is 82.9 cm³/mol. The summed E-state index contributed by atoms with van der Waals surface area (Å²) in [7, 11) is 7.08. The third-order valence-electron chi connectivity index (χ3n) is 4.16. The molecule has 1 aromatic rings. The molecule has 1 aliphatic heterocycles. The number of nitrogens with zero attached hydrogens (tertiary/aromatic N) is 1. The molecule has 1 aliphatic rings. The van der Waals surface area contributed by atoms with Gasteiger partial charge in [-0.15, -0.1) is 0 Å². The van der Waals surface area contributed by atoms with Crippen LogP contribution in [-0.4, -0.2) is 46.4 Å². The number of benzene rings is 1. The molecule has 4 heteroatoms. The van der Waals surface area contributed by atoms with Gasteiger partial charge in [-0.2, -0.15) is 0 Å². The second-order valence-electron chi connectivity index (χ2n) is 5.34. The number of hydrogen-bond donors (Lipinski definition) is 0. The van der Waals surface area contributed by atoms with E-state index < -0.39 is 0 Å². The molecule has 1 atom stereocenters. The second-order valence-corrected chi connectivity index (χ2v) is 5.34. The minimum absolute atomic E-state index is 0.342. The fourth-order valence-electron chi connectivity index (χ4n) is 2.74. The second kappa shape index (κ2) is 6.38. The number of rotatable bonds is 3. The molecule has 0 saturated carbocycles. The summed E-state index contributed by atoms with van der Waals surface area (Å²) >= 11 is 0. The Morgan fingerprint density at radius 2 is 1.86 bits per heavy atom. The van der Waals surface area contributed by atoms with Crippen molar-refractivity contribution in [3.05, 3.63) is 23.3 Å². The van der Waals surface area contributed by atoms with Crippen LogP contribution in [0.25, 0.3) is 0 Å². The fraction of sp³-hybridized carbons (Fsp3) is 0.529. The zero-order chi connectivity index (χ0) is 15.5. The highest BCUT2D eigenvalue weighted by molar-refractivity contribution is 5.53. The van der Waals surface area contributed by atoms with Crippen molar-refractivity contribution in [1.82, 2.24) is 4.90 Å². The van der Waals surface area contributed by atoms with Crippen molar-refractivity contribution >= 4 is 0 Å². The van der Waals surface area contributed by atoms with Gasteiger partial charge in [-0.1, -0.05) is 11.8 Å². The minimum atomic E-state index is -0.342. The number of fused-ring (bicyclic) bond motifs is 1. The Kier molecular flexibility index (Phi) is 4.76. The van der Waals surface area contributed by atoms with Crippen molar-refractivity contribution in [1.29, 1.82) is 0 Å². The first-order valence-electron chi connectivity index (χ1n) is 7.02. The van der Waals surface area contributed by atoms with Crippen LogP contribution >= 0.6 is 0 Å². The molecule has 0 spiro atoms. The van der Waals surface area contributed by atoms with Gasteiger partial charge in [0.1, 0.15) is 12.1 Å². The van der Waals surface area contributed by atoms with E-state index in [-0.39, 0.29) is 5.54 Å². The molecule has 1 aromatic carbocycles. The van der Waals surface area contributed by atoms with E-state index in [2.05, 4.69) is 36.8 Å². The summed E-state index contributed by atoms with van der Waals surface area (Å²) in [6, 6.07) is 4.11. The first-order chi connectivity index (χ1) is 10.1. The van der Waals surface area contributed by atoms with Crippen LogP contribution in [0.5, 0.6) is 11.5 Å². The Morgan fingerprint density at radius 3 is 2.48 bits per heavy atom. The number of methoxy groups -OCH3 is 3. The Balaban J connectivity index is 2.54. The molecule has 21 heavy (non-hydrogen) atoms. The summed E-state index contributed by atoms with van der Waals surface area (Å²) < 4.78 is 15.9. The predicted octanol–water partition coefficient (Wildman–Crippen LogP) is 2.06. The molecule has 0 amide bonds. The van der Waals surface area contributed by atoms with E-state index in [0.29, 0.717) is 6.61 Å². The van der Waals surface area contributed by atoms with E-state index in [9.17, 15) is 0 Å². The van der Waals surface area contributed by atoms with Gasteiger partial charge in [0.05, 0.1) is 14.2 Å². The van der Waals surface area contributed by atoms with Gasteiger partial charge in [0.15, 0.2) is 11.5 Å².